The molecule has 0 fully saturated rings. The van der Waals surface area contributed by atoms with Crippen molar-refractivity contribution in [3.63, 3.8) is 0 Å². The fourth-order valence-electron chi connectivity index (χ4n) is 1.55. The lowest BCUT2D eigenvalue weighted by molar-refractivity contribution is 0.0737. The smallest absolute Gasteiger partial charge is 0.257 e. The van der Waals surface area contributed by atoms with E-state index in [9.17, 15) is 9.90 Å². The molecular formula is C12H19N3O2. The molecule has 0 unspecified atom stereocenters. The monoisotopic (exact) mass is 237 g/mol. The predicted octanol–water partition coefficient (Wildman–Crippen LogP) is 0.844. The Morgan fingerprint density at radius 3 is 2.76 bits per heavy atom. The van der Waals surface area contributed by atoms with E-state index in [2.05, 4.69) is 4.98 Å². The Labute approximate surface area is 101 Å². The summed E-state index contributed by atoms with van der Waals surface area (Å²) in [7, 11) is 1.69. The highest BCUT2D eigenvalue weighted by Crippen LogP contribution is 2.19. The zero-order valence-corrected chi connectivity index (χ0v) is 10.5. The quantitative estimate of drug-likeness (QED) is 0.813. The number of pyridine rings is 1. The van der Waals surface area contributed by atoms with Gasteiger partial charge in [-0.1, -0.05) is 13.8 Å². The van der Waals surface area contributed by atoms with Gasteiger partial charge in [0.2, 0.25) is 0 Å². The van der Waals surface area contributed by atoms with Crippen LogP contribution in [0.2, 0.25) is 0 Å². The number of hydrogen-bond donors (Lipinski definition) is 2. The first-order valence-corrected chi connectivity index (χ1v) is 5.46. The SMILES string of the molecule is CN(CC(C)(C)CN)C(=O)c1ccncc1O. The molecule has 1 heterocycles. The van der Waals surface area contributed by atoms with Crippen molar-refractivity contribution in [2.75, 3.05) is 20.1 Å². The lowest BCUT2D eigenvalue weighted by Gasteiger charge is -2.29. The first-order valence-electron chi connectivity index (χ1n) is 5.46. The highest BCUT2D eigenvalue weighted by molar-refractivity contribution is 5.96. The van der Waals surface area contributed by atoms with E-state index in [1.165, 1.54) is 18.5 Å². The zero-order chi connectivity index (χ0) is 13.1. The average Bonchev–Trinajstić information content (AvgIpc) is 2.28. The standard InChI is InChI=1S/C12H19N3O2/c1-12(2,7-13)8-15(3)11(17)9-4-5-14-6-10(9)16/h4-6,16H,7-8,13H2,1-3H3. The summed E-state index contributed by atoms with van der Waals surface area (Å²) >= 11 is 0. The summed E-state index contributed by atoms with van der Waals surface area (Å²) in [5, 5.41) is 9.55. The number of nitrogens with two attached hydrogens (primary N) is 1. The van der Waals surface area contributed by atoms with Crippen LogP contribution < -0.4 is 5.73 Å². The Morgan fingerprint density at radius 1 is 1.59 bits per heavy atom. The molecule has 0 aromatic carbocycles. The second-order valence-corrected chi connectivity index (χ2v) is 4.92. The Kier molecular flexibility index (Phi) is 4.07. The molecule has 0 aliphatic rings. The maximum atomic E-state index is 12.1. The van der Waals surface area contributed by atoms with Crippen LogP contribution in [-0.4, -0.2) is 41.0 Å². The molecule has 0 spiro atoms. The maximum absolute atomic E-state index is 12.1. The number of carbonyl (C=O) groups excluding carboxylic acids is 1. The summed E-state index contributed by atoms with van der Waals surface area (Å²) in [4.78, 5) is 17.4. The van der Waals surface area contributed by atoms with Gasteiger partial charge in [0, 0.05) is 19.8 Å². The molecule has 0 saturated carbocycles. The summed E-state index contributed by atoms with van der Waals surface area (Å²) in [5.74, 6) is -0.332. The van der Waals surface area contributed by atoms with E-state index in [4.69, 9.17) is 5.73 Å². The van der Waals surface area contributed by atoms with Gasteiger partial charge >= 0.3 is 0 Å². The molecule has 5 heteroatoms. The normalized spacial score (nSPS) is 11.3. The van der Waals surface area contributed by atoms with Crippen molar-refractivity contribution in [3.8, 4) is 5.75 Å². The second kappa shape index (κ2) is 5.14. The number of aromatic nitrogens is 1. The summed E-state index contributed by atoms with van der Waals surface area (Å²) in [5.41, 5.74) is 5.74. The van der Waals surface area contributed by atoms with Gasteiger partial charge in [-0.05, 0) is 18.0 Å². The topological polar surface area (TPSA) is 79.5 Å². The minimum Gasteiger partial charge on any atom is -0.505 e. The van der Waals surface area contributed by atoms with Crippen LogP contribution in [0.25, 0.3) is 0 Å². The number of amides is 1. The third-order valence-electron chi connectivity index (χ3n) is 2.59. The van der Waals surface area contributed by atoms with Gasteiger partial charge in [0.05, 0.1) is 11.8 Å². The summed E-state index contributed by atoms with van der Waals surface area (Å²) in [6.45, 7) is 5.00. The van der Waals surface area contributed by atoms with Crippen molar-refractivity contribution in [2.45, 2.75) is 13.8 Å². The van der Waals surface area contributed by atoms with Crippen molar-refractivity contribution in [2.24, 2.45) is 11.1 Å². The predicted molar refractivity (Wildman–Crippen MR) is 65.7 cm³/mol. The number of carbonyl (C=O) groups is 1. The summed E-state index contributed by atoms with van der Waals surface area (Å²) in [6.07, 6.45) is 2.74. The van der Waals surface area contributed by atoms with Gasteiger partial charge in [-0.3, -0.25) is 9.78 Å². The van der Waals surface area contributed by atoms with Gasteiger partial charge in [-0.15, -0.1) is 0 Å². The molecule has 3 N–H and O–H groups in total. The molecule has 1 amide bonds. The first kappa shape index (κ1) is 13.4. The average molecular weight is 237 g/mol. The van der Waals surface area contributed by atoms with Crippen LogP contribution in [0.5, 0.6) is 5.75 Å². The van der Waals surface area contributed by atoms with E-state index >= 15 is 0 Å². The molecule has 94 valence electrons. The highest BCUT2D eigenvalue weighted by atomic mass is 16.3. The van der Waals surface area contributed by atoms with Crippen LogP contribution in [0.1, 0.15) is 24.2 Å². The van der Waals surface area contributed by atoms with Crippen LogP contribution in [0.3, 0.4) is 0 Å². The van der Waals surface area contributed by atoms with E-state index in [0.29, 0.717) is 13.1 Å². The van der Waals surface area contributed by atoms with Crippen LogP contribution in [0.15, 0.2) is 18.5 Å². The Balaban J connectivity index is 2.81. The fourth-order valence-corrected chi connectivity index (χ4v) is 1.55. The lowest BCUT2D eigenvalue weighted by Crippen LogP contribution is -2.39. The van der Waals surface area contributed by atoms with E-state index in [0.717, 1.165) is 0 Å². The minimum atomic E-state index is -0.230. The molecule has 1 rings (SSSR count). The molecule has 0 saturated heterocycles. The van der Waals surface area contributed by atoms with Crippen molar-refractivity contribution in [1.82, 2.24) is 9.88 Å². The van der Waals surface area contributed by atoms with E-state index < -0.39 is 0 Å². The van der Waals surface area contributed by atoms with E-state index in [1.54, 1.807) is 11.9 Å². The number of aromatic hydroxyl groups is 1. The van der Waals surface area contributed by atoms with Gasteiger partial charge < -0.3 is 15.7 Å². The third kappa shape index (κ3) is 3.42. The highest BCUT2D eigenvalue weighted by Gasteiger charge is 2.23. The third-order valence-corrected chi connectivity index (χ3v) is 2.59. The van der Waals surface area contributed by atoms with Crippen molar-refractivity contribution in [1.29, 1.82) is 0 Å². The minimum absolute atomic E-state index is 0.102. The van der Waals surface area contributed by atoms with Crippen LogP contribution in [-0.2, 0) is 0 Å². The fraction of sp³-hybridized carbons (Fsp3) is 0.500. The molecule has 0 aliphatic carbocycles. The van der Waals surface area contributed by atoms with E-state index in [1.807, 2.05) is 13.8 Å². The Morgan fingerprint density at radius 2 is 2.24 bits per heavy atom. The van der Waals surface area contributed by atoms with Crippen LogP contribution >= 0.6 is 0 Å². The largest absolute Gasteiger partial charge is 0.505 e. The van der Waals surface area contributed by atoms with Crippen LogP contribution in [0.4, 0.5) is 0 Å². The molecule has 0 atom stereocenters. The molecule has 5 nitrogen and oxygen atoms in total. The van der Waals surface area contributed by atoms with Gasteiger partial charge in [0.25, 0.3) is 5.91 Å². The summed E-state index contributed by atoms with van der Waals surface area (Å²) < 4.78 is 0. The number of nitrogens with zero attached hydrogens (tertiary/aromatic N) is 2. The Bertz CT molecular complexity index is 404. The molecule has 0 aliphatic heterocycles. The number of hydrogen-bond acceptors (Lipinski definition) is 4. The van der Waals surface area contributed by atoms with Crippen molar-refractivity contribution < 1.29 is 9.90 Å². The molecule has 0 radical (unpaired) electrons. The maximum Gasteiger partial charge on any atom is 0.257 e. The molecule has 0 bridgehead atoms. The van der Waals surface area contributed by atoms with Crippen molar-refractivity contribution in [3.05, 3.63) is 24.0 Å². The van der Waals surface area contributed by atoms with E-state index in [-0.39, 0.29) is 22.6 Å². The zero-order valence-electron chi connectivity index (χ0n) is 10.5. The van der Waals surface area contributed by atoms with Gasteiger partial charge in [-0.2, -0.15) is 0 Å². The first-order chi connectivity index (χ1) is 7.87. The molecular weight excluding hydrogens is 218 g/mol. The second-order valence-electron chi connectivity index (χ2n) is 4.92. The summed E-state index contributed by atoms with van der Waals surface area (Å²) in [6, 6.07) is 1.50. The van der Waals surface area contributed by atoms with Crippen LogP contribution in [0, 0.1) is 5.41 Å². The Hall–Kier alpha value is -1.62. The van der Waals surface area contributed by atoms with Gasteiger partial charge in [0.15, 0.2) is 0 Å². The van der Waals surface area contributed by atoms with Gasteiger partial charge in [0.1, 0.15) is 5.75 Å². The van der Waals surface area contributed by atoms with Gasteiger partial charge in [-0.25, -0.2) is 0 Å². The lowest BCUT2D eigenvalue weighted by atomic mass is 9.93. The molecule has 1 aromatic rings. The number of rotatable bonds is 4. The molecule has 17 heavy (non-hydrogen) atoms. The molecule has 1 aromatic heterocycles. The van der Waals surface area contributed by atoms with Crippen molar-refractivity contribution >= 4 is 5.91 Å².